The Balaban J connectivity index is 3.57. The van der Waals surface area contributed by atoms with Crippen LogP contribution in [0.3, 0.4) is 0 Å². The predicted molar refractivity (Wildman–Crippen MR) is 282 cm³/mol. The standard InChI is InChI=1S/C59H113NO4/c1-3-5-7-9-11-13-15-17-19-21-23-25-26-27-28-29-30-31-32-34-36-38-40-42-44-46-48-50-52-54-58(63)60-56(55-61)59(64)57(62)53-51-49-47-45-43-41-39-37-35-33-24-22-20-18-16-14-12-10-8-6-4-2/h27-28,37,39,45,47,56-57,59,61-62,64H,3-26,29-36,38,40-44,46,48-55H2,1-2H3,(H,60,63)/b28-27-,39-37+,47-45+. The third-order valence-corrected chi connectivity index (χ3v) is 13.4. The fourth-order valence-corrected chi connectivity index (χ4v) is 9.00. The average Bonchev–Trinajstić information content (AvgIpc) is 3.30. The van der Waals surface area contributed by atoms with Crippen LogP contribution in [-0.2, 0) is 4.79 Å². The normalized spacial score (nSPS) is 13.5. The molecule has 0 bridgehead atoms. The van der Waals surface area contributed by atoms with Crippen molar-refractivity contribution in [3.63, 3.8) is 0 Å². The number of nitrogens with one attached hydrogen (secondary N) is 1. The molecule has 0 saturated heterocycles. The predicted octanol–water partition coefficient (Wildman–Crippen LogP) is 17.8. The van der Waals surface area contributed by atoms with Crippen molar-refractivity contribution in [3.05, 3.63) is 36.5 Å². The van der Waals surface area contributed by atoms with E-state index >= 15 is 0 Å². The van der Waals surface area contributed by atoms with Crippen LogP contribution in [0.2, 0.25) is 0 Å². The second-order valence-electron chi connectivity index (χ2n) is 19.8. The maximum Gasteiger partial charge on any atom is 0.220 e. The van der Waals surface area contributed by atoms with E-state index in [1.807, 2.05) is 0 Å². The molecule has 0 saturated carbocycles. The van der Waals surface area contributed by atoms with Gasteiger partial charge in [0, 0.05) is 6.42 Å². The lowest BCUT2D eigenvalue weighted by atomic mass is 10.0. The van der Waals surface area contributed by atoms with E-state index in [-0.39, 0.29) is 12.5 Å². The van der Waals surface area contributed by atoms with Crippen molar-refractivity contribution in [1.82, 2.24) is 5.32 Å². The van der Waals surface area contributed by atoms with Gasteiger partial charge in [-0.05, 0) is 77.0 Å². The van der Waals surface area contributed by atoms with E-state index in [4.69, 9.17) is 0 Å². The number of rotatable bonds is 53. The Morgan fingerprint density at radius 1 is 0.375 bits per heavy atom. The van der Waals surface area contributed by atoms with Gasteiger partial charge in [0.15, 0.2) is 0 Å². The summed E-state index contributed by atoms with van der Waals surface area (Å²) in [6, 6.07) is -0.833. The van der Waals surface area contributed by atoms with Crippen molar-refractivity contribution >= 4 is 5.91 Å². The van der Waals surface area contributed by atoms with Crippen molar-refractivity contribution in [2.75, 3.05) is 6.61 Å². The molecule has 0 aromatic rings. The number of amides is 1. The highest BCUT2D eigenvalue weighted by Gasteiger charge is 2.26. The molecule has 4 N–H and O–H groups in total. The molecular weight excluding hydrogens is 787 g/mol. The van der Waals surface area contributed by atoms with Gasteiger partial charge < -0.3 is 20.6 Å². The Morgan fingerprint density at radius 2 is 0.641 bits per heavy atom. The molecule has 5 heteroatoms. The molecule has 5 nitrogen and oxygen atoms in total. The van der Waals surface area contributed by atoms with E-state index in [0.717, 1.165) is 44.9 Å². The molecule has 0 rings (SSSR count). The van der Waals surface area contributed by atoms with Crippen molar-refractivity contribution in [2.24, 2.45) is 0 Å². The summed E-state index contributed by atoms with van der Waals surface area (Å²) in [5, 5.41) is 33.7. The number of hydrogen-bond acceptors (Lipinski definition) is 4. The molecule has 0 fully saturated rings. The van der Waals surface area contributed by atoms with Crippen LogP contribution in [0, 0.1) is 0 Å². The Bertz CT molecular complexity index is 993. The molecule has 0 aliphatic rings. The summed E-state index contributed by atoms with van der Waals surface area (Å²) in [5.74, 6) is -0.155. The van der Waals surface area contributed by atoms with E-state index in [1.165, 1.54) is 238 Å². The van der Waals surface area contributed by atoms with Crippen LogP contribution < -0.4 is 5.32 Å². The quantitative estimate of drug-likeness (QED) is 0.0362. The molecule has 0 aromatic carbocycles. The number of aliphatic hydroxyl groups is 3. The summed E-state index contributed by atoms with van der Waals surface area (Å²) in [6.07, 6.45) is 70.2. The van der Waals surface area contributed by atoms with Gasteiger partial charge in [0.05, 0.1) is 18.8 Å². The summed E-state index contributed by atoms with van der Waals surface area (Å²) in [4.78, 5) is 12.5. The highest BCUT2D eigenvalue weighted by Crippen LogP contribution is 2.17. The molecular formula is C59H113NO4. The van der Waals surface area contributed by atoms with E-state index in [0.29, 0.717) is 12.8 Å². The molecule has 0 radical (unpaired) electrons. The average molecular weight is 901 g/mol. The van der Waals surface area contributed by atoms with E-state index in [1.54, 1.807) is 0 Å². The number of carbonyl (C=O) groups excluding carboxylic acids is 1. The minimum Gasteiger partial charge on any atom is -0.394 e. The van der Waals surface area contributed by atoms with Gasteiger partial charge in [0.2, 0.25) is 5.91 Å². The summed E-state index contributed by atoms with van der Waals surface area (Å²) in [7, 11) is 0. The first-order valence-corrected chi connectivity index (χ1v) is 28.8. The molecule has 0 aliphatic carbocycles. The minimum atomic E-state index is -1.17. The molecule has 1 amide bonds. The van der Waals surface area contributed by atoms with E-state index in [2.05, 4.69) is 55.6 Å². The first-order valence-electron chi connectivity index (χ1n) is 28.8. The molecule has 3 atom stereocenters. The zero-order valence-electron chi connectivity index (χ0n) is 43.2. The number of carbonyl (C=O) groups is 1. The molecule has 64 heavy (non-hydrogen) atoms. The Morgan fingerprint density at radius 3 is 0.953 bits per heavy atom. The second-order valence-corrected chi connectivity index (χ2v) is 19.8. The first-order chi connectivity index (χ1) is 31.6. The van der Waals surface area contributed by atoms with Gasteiger partial charge in [-0.2, -0.15) is 0 Å². The van der Waals surface area contributed by atoms with Crippen LogP contribution in [0.1, 0.15) is 309 Å². The fraction of sp³-hybridized carbons (Fsp3) is 0.881. The van der Waals surface area contributed by atoms with Crippen LogP contribution in [0.5, 0.6) is 0 Å². The van der Waals surface area contributed by atoms with E-state index < -0.39 is 18.2 Å². The van der Waals surface area contributed by atoms with Crippen LogP contribution in [0.4, 0.5) is 0 Å². The topological polar surface area (TPSA) is 89.8 Å². The van der Waals surface area contributed by atoms with Gasteiger partial charge in [-0.15, -0.1) is 0 Å². The van der Waals surface area contributed by atoms with E-state index in [9.17, 15) is 20.1 Å². The Kier molecular flexibility index (Phi) is 53.0. The summed E-state index contributed by atoms with van der Waals surface area (Å²) in [5.41, 5.74) is 0. The lowest BCUT2D eigenvalue weighted by molar-refractivity contribution is -0.124. The molecule has 0 spiro atoms. The fourth-order valence-electron chi connectivity index (χ4n) is 9.00. The van der Waals surface area contributed by atoms with Crippen molar-refractivity contribution in [3.8, 4) is 0 Å². The SMILES string of the molecule is CCCCCCCCCCCCCC/C=C\CCCCCCCCCCCCCCCC(=O)NC(CO)C(O)C(O)CCC/C=C/CC/C=C/CCCCCCCCCCCCCC. The Labute approximate surface area is 400 Å². The molecule has 3 unspecified atom stereocenters. The van der Waals surface area contributed by atoms with Crippen LogP contribution >= 0.6 is 0 Å². The smallest absolute Gasteiger partial charge is 0.220 e. The van der Waals surface area contributed by atoms with Gasteiger partial charge >= 0.3 is 0 Å². The molecule has 0 aromatic heterocycles. The van der Waals surface area contributed by atoms with Crippen molar-refractivity contribution in [1.29, 1.82) is 0 Å². The second kappa shape index (κ2) is 54.2. The van der Waals surface area contributed by atoms with Gasteiger partial charge in [-0.25, -0.2) is 0 Å². The third-order valence-electron chi connectivity index (χ3n) is 13.4. The minimum absolute atomic E-state index is 0.155. The monoisotopic (exact) mass is 900 g/mol. The number of allylic oxidation sites excluding steroid dienone is 6. The van der Waals surface area contributed by atoms with Gasteiger partial charge in [-0.3, -0.25) is 4.79 Å². The van der Waals surface area contributed by atoms with Crippen molar-refractivity contribution in [2.45, 2.75) is 327 Å². The maximum atomic E-state index is 12.5. The van der Waals surface area contributed by atoms with Gasteiger partial charge in [0.25, 0.3) is 0 Å². The van der Waals surface area contributed by atoms with Crippen LogP contribution in [0.15, 0.2) is 36.5 Å². The number of aliphatic hydroxyl groups excluding tert-OH is 3. The molecule has 0 heterocycles. The third kappa shape index (κ3) is 48.5. The van der Waals surface area contributed by atoms with Crippen molar-refractivity contribution < 1.29 is 20.1 Å². The van der Waals surface area contributed by atoms with Crippen LogP contribution in [-0.4, -0.2) is 46.1 Å². The highest BCUT2D eigenvalue weighted by atomic mass is 16.3. The largest absolute Gasteiger partial charge is 0.394 e. The molecule has 378 valence electrons. The van der Waals surface area contributed by atoms with Crippen LogP contribution in [0.25, 0.3) is 0 Å². The highest BCUT2D eigenvalue weighted by molar-refractivity contribution is 5.76. The summed E-state index contributed by atoms with van der Waals surface area (Å²) < 4.78 is 0. The zero-order chi connectivity index (χ0) is 46.5. The lowest BCUT2D eigenvalue weighted by Gasteiger charge is -2.26. The maximum absolute atomic E-state index is 12.5. The van der Waals surface area contributed by atoms with Gasteiger partial charge in [-0.1, -0.05) is 262 Å². The lowest BCUT2D eigenvalue weighted by Crippen LogP contribution is -2.50. The number of hydrogen-bond donors (Lipinski definition) is 4. The first kappa shape index (κ1) is 62.6. The summed E-state index contributed by atoms with van der Waals surface area (Å²) >= 11 is 0. The molecule has 0 aliphatic heterocycles. The zero-order valence-corrected chi connectivity index (χ0v) is 43.2. The Hall–Kier alpha value is -1.43. The summed E-state index contributed by atoms with van der Waals surface area (Å²) in [6.45, 7) is 4.20. The number of unbranched alkanes of at least 4 members (excludes halogenated alkanes) is 39. The van der Waals surface area contributed by atoms with Gasteiger partial charge in [0.1, 0.15) is 6.10 Å².